The van der Waals surface area contributed by atoms with Gasteiger partial charge in [-0.3, -0.25) is 9.69 Å². The van der Waals surface area contributed by atoms with Gasteiger partial charge in [0.15, 0.2) is 5.65 Å². The van der Waals surface area contributed by atoms with Crippen molar-refractivity contribution in [1.29, 1.82) is 0 Å². The first-order valence-electron chi connectivity index (χ1n) is 12.0. The Morgan fingerprint density at radius 2 is 2.03 bits per heavy atom. The minimum atomic E-state index is -0.124. The number of carbonyl (C=O) groups excluding carboxylic acids is 1. The van der Waals surface area contributed by atoms with Crippen LogP contribution >= 0.6 is 11.6 Å². The Labute approximate surface area is 214 Å². The number of hydrogen-bond acceptors (Lipinski definition) is 7. The summed E-state index contributed by atoms with van der Waals surface area (Å²) >= 11 is 6.13. The van der Waals surface area contributed by atoms with Gasteiger partial charge in [-0.15, -0.1) is 0 Å². The number of methoxy groups -OCH3 is 1. The van der Waals surface area contributed by atoms with E-state index in [1.807, 2.05) is 24.3 Å². The molecule has 1 aliphatic rings. The molecule has 9 nitrogen and oxygen atoms in total. The number of carbonyl (C=O) groups is 1. The normalized spacial score (nSPS) is 14.2. The third kappa shape index (κ3) is 5.42. The molecule has 2 aromatic carbocycles. The van der Waals surface area contributed by atoms with Crippen molar-refractivity contribution in [2.75, 3.05) is 51.3 Å². The largest absolute Gasteiger partial charge is 0.496 e. The third-order valence-electron chi connectivity index (χ3n) is 6.36. The fourth-order valence-corrected chi connectivity index (χ4v) is 4.61. The van der Waals surface area contributed by atoms with Crippen LogP contribution in [0.5, 0.6) is 5.75 Å². The number of benzene rings is 2. The highest BCUT2D eigenvalue weighted by Crippen LogP contribution is 2.30. The number of amides is 1. The number of halogens is 1. The number of imidazole rings is 1. The first kappa shape index (κ1) is 24.0. The number of piperazine rings is 1. The van der Waals surface area contributed by atoms with Gasteiger partial charge in [-0.2, -0.15) is 0 Å². The van der Waals surface area contributed by atoms with Crippen LogP contribution in [0.15, 0.2) is 55.0 Å². The molecular formula is C26H28ClN7O2. The van der Waals surface area contributed by atoms with Gasteiger partial charge in [0.05, 0.1) is 18.9 Å². The molecule has 36 heavy (non-hydrogen) atoms. The lowest BCUT2D eigenvalue weighted by Gasteiger charge is -2.36. The summed E-state index contributed by atoms with van der Waals surface area (Å²) in [6.07, 6.45) is 4.02. The molecule has 0 radical (unpaired) electrons. The summed E-state index contributed by atoms with van der Waals surface area (Å²) in [6, 6.07) is 13.3. The second kappa shape index (κ2) is 10.9. The molecule has 10 heteroatoms. The Kier molecular flexibility index (Phi) is 7.29. The summed E-state index contributed by atoms with van der Waals surface area (Å²) in [5.41, 5.74) is 3.78. The number of nitrogens with zero attached hydrogens (tertiary/aromatic N) is 5. The molecule has 3 heterocycles. The molecule has 2 N–H and O–H groups in total. The molecule has 1 saturated heterocycles. The molecule has 0 aliphatic carbocycles. The number of hydrogen-bond donors (Lipinski definition) is 2. The maximum Gasteiger partial charge on any atom is 0.251 e. The fourth-order valence-electron chi connectivity index (χ4n) is 4.43. The molecule has 1 amide bonds. The first-order valence-corrected chi connectivity index (χ1v) is 12.3. The Morgan fingerprint density at radius 1 is 1.17 bits per heavy atom. The molecule has 1 fully saturated rings. The number of nitrogens with one attached hydrogen (secondary N) is 2. The van der Waals surface area contributed by atoms with E-state index >= 15 is 0 Å². The second-order valence-electron chi connectivity index (χ2n) is 8.68. The zero-order valence-electron chi connectivity index (χ0n) is 20.1. The Bertz CT molecular complexity index is 1320. The van der Waals surface area contributed by atoms with Crippen molar-refractivity contribution in [3.05, 3.63) is 65.6 Å². The molecule has 2 aromatic heterocycles. The average molecular weight is 506 g/mol. The fraction of sp³-hybridized carbons (Fsp3) is 0.308. The van der Waals surface area contributed by atoms with E-state index in [4.69, 9.17) is 16.3 Å². The van der Waals surface area contributed by atoms with E-state index in [0.29, 0.717) is 29.3 Å². The van der Waals surface area contributed by atoms with Crippen LogP contribution in [0.4, 0.5) is 5.69 Å². The number of rotatable bonds is 8. The lowest BCUT2D eigenvalue weighted by Crippen LogP contribution is -2.47. The second-order valence-corrected chi connectivity index (χ2v) is 9.11. The molecule has 1 aliphatic heterocycles. The Balaban J connectivity index is 1.11. The standard InChI is InChI=1S/C26H28ClN7O2/c1-36-23-14-18(6-7-21(23)24-31-22-16-28-17-30-25(22)32-24)26(35)29-8-3-9-33-10-12-34(13-11-33)20-5-2-4-19(27)15-20/h2,4-7,14-17H,3,8-13H2,1H3,(H,29,35)(H,28,30,31,32). The van der Waals surface area contributed by atoms with Crippen LogP contribution in [0.3, 0.4) is 0 Å². The van der Waals surface area contributed by atoms with Gasteiger partial charge in [0.2, 0.25) is 0 Å². The third-order valence-corrected chi connectivity index (χ3v) is 6.60. The Hall–Kier alpha value is -3.69. The molecule has 0 bridgehead atoms. The number of H-pyrrole nitrogens is 1. The van der Waals surface area contributed by atoms with Gasteiger partial charge in [0.1, 0.15) is 23.4 Å². The SMILES string of the molecule is COc1cc(C(=O)NCCCN2CCN(c3cccc(Cl)c3)CC2)ccc1-c1nc2ncncc2[nH]1. The monoisotopic (exact) mass is 505 g/mol. The number of ether oxygens (including phenoxy) is 1. The van der Waals surface area contributed by atoms with Gasteiger partial charge in [-0.1, -0.05) is 17.7 Å². The summed E-state index contributed by atoms with van der Waals surface area (Å²) in [5, 5.41) is 3.79. The van der Waals surface area contributed by atoms with E-state index in [1.165, 1.54) is 12.0 Å². The minimum Gasteiger partial charge on any atom is -0.496 e. The van der Waals surface area contributed by atoms with Crippen LogP contribution in [0.25, 0.3) is 22.6 Å². The number of fused-ring (bicyclic) bond motifs is 1. The molecule has 0 unspecified atom stereocenters. The predicted molar refractivity (Wildman–Crippen MR) is 141 cm³/mol. The van der Waals surface area contributed by atoms with E-state index in [9.17, 15) is 4.79 Å². The van der Waals surface area contributed by atoms with E-state index in [0.717, 1.165) is 55.2 Å². The van der Waals surface area contributed by atoms with Gasteiger partial charge in [0.25, 0.3) is 5.91 Å². The number of anilines is 1. The zero-order chi connectivity index (χ0) is 24.9. The van der Waals surface area contributed by atoms with Crippen LogP contribution in [0.1, 0.15) is 16.8 Å². The van der Waals surface area contributed by atoms with Crippen molar-refractivity contribution < 1.29 is 9.53 Å². The van der Waals surface area contributed by atoms with Crippen molar-refractivity contribution >= 4 is 34.4 Å². The zero-order valence-corrected chi connectivity index (χ0v) is 20.8. The van der Waals surface area contributed by atoms with E-state index in [-0.39, 0.29) is 5.91 Å². The molecule has 4 aromatic rings. The maximum absolute atomic E-state index is 12.7. The molecule has 186 valence electrons. The van der Waals surface area contributed by atoms with E-state index in [2.05, 4.69) is 41.1 Å². The van der Waals surface area contributed by atoms with Crippen LogP contribution in [0, 0.1) is 0 Å². The lowest BCUT2D eigenvalue weighted by atomic mass is 10.1. The number of aromatic amines is 1. The highest BCUT2D eigenvalue weighted by molar-refractivity contribution is 6.30. The van der Waals surface area contributed by atoms with Gasteiger partial charge in [-0.05, 0) is 49.4 Å². The van der Waals surface area contributed by atoms with E-state index in [1.54, 1.807) is 25.4 Å². The first-order chi connectivity index (χ1) is 17.6. The summed E-state index contributed by atoms with van der Waals surface area (Å²) in [6.45, 7) is 5.48. The van der Waals surface area contributed by atoms with Crippen LogP contribution in [0.2, 0.25) is 5.02 Å². The lowest BCUT2D eigenvalue weighted by molar-refractivity contribution is 0.0951. The van der Waals surface area contributed by atoms with Crippen molar-refractivity contribution in [1.82, 2.24) is 30.2 Å². The van der Waals surface area contributed by atoms with Crippen LogP contribution in [-0.4, -0.2) is 77.1 Å². The van der Waals surface area contributed by atoms with Gasteiger partial charge in [-0.25, -0.2) is 15.0 Å². The van der Waals surface area contributed by atoms with Crippen molar-refractivity contribution in [3.63, 3.8) is 0 Å². The highest BCUT2D eigenvalue weighted by atomic mass is 35.5. The smallest absolute Gasteiger partial charge is 0.251 e. The molecule has 0 atom stereocenters. The quantitative estimate of drug-likeness (QED) is 0.353. The molecule has 0 saturated carbocycles. The van der Waals surface area contributed by atoms with Crippen LogP contribution < -0.4 is 15.0 Å². The summed E-state index contributed by atoms with van der Waals surface area (Å²) < 4.78 is 5.54. The van der Waals surface area contributed by atoms with Gasteiger partial charge < -0.3 is 19.9 Å². The maximum atomic E-state index is 12.7. The molecular weight excluding hydrogens is 478 g/mol. The van der Waals surface area contributed by atoms with Crippen LogP contribution in [-0.2, 0) is 0 Å². The van der Waals surface area contributed by atoms with E-state index < -0.39 is 0 Å². The summed E-state index contributed by atoms with van der Waals surface area (Å²) in [5.74, 6) is 1.05. The minimum absolute atomic E-state index is 0.124. The number of aromatic nitrogens is 4. The highest BCUT2D eigenvalue weighted by Gasteiger charge is 2.18. The predicted octanol–water partition coefficient (Wildman–Crippen LogP) is 3.62. The van der Waals surface area contributed by atoms with Crippen molar-refractivity contribution in [2.24, 2.45) is 0 Å². The van der Waals surface area contributed by atoms with Gasteiger partial charge >= 0.3 is 0 Å². The molecule has 5 rings (SSSR count). The average Bonchev–Trinajstić information content (AvgIpc) is 3.35. The van der Waals surface area contributed by atoms with Crippen molar-refractivity contribution in [3.8, 4) is 17.1 Å². The summed E-state index contributed by atoms with van der Waals surface area (Å²) in [7, 11) is 1.58. The Morgan fingerprint density at radius 3 is 2.81 bits per heavy atom. The van der Waals surface area contributed by atoms with Gasteiger partial charge in [0, 0.05) is 49.0 Å². The van der Waals surface area contributed by atoms with Crippen molar-refractivity contribution in [2.45, 2.75) is 6.42 Å². The topological polar surface area (TPSA) is 99.3 Å². The summed E-state index contributed by atoms with van der Waals surface area (Å²) in [4.78, 5) is 33.4. The molecule has 0 spiro atoms.